The van der Waals surface area contributed by atoms with E-state index in [1.54, 1.807) is 6.92 Å². The van der Waals surface area contributed by atoms with Crippen molar-refractivity contribution in [3.05, 3.63) is 89.6 Å². The number of aromatic nitrogens is 1. The molecule has 0 spiro atoms. The van der Waals surface area contributed by atoms with Crippen LogP contribution in [-0.2, 0) is 11.2 Å². The molecule has 0 bridgehead atoms. The van der Waals surface area contributed by atoms with Crippen LogP contribution in [0.25, 0.3) is 22.5 Å². The summed E-state index contributed by atoms with van der Waals surface area (Å²) in [6, 6.07) is 24.2. The number of nitrogens with one attached hydrogen (secondary N) is 2. The first-order valence-corrected chi connectivity index (χ1v) is 11.5. The number of hydrogen-bond acceptors (Lipinski definition) is 5. The van der Waals surface area contributed by atoms with Gasteiger partial charge in [0.15, 0.2) is 5.76 Å². The van der Waals surface area contributed by atoms with E-state index in [4.69, 9.17) is 9.26 Å². The molecule has 0 saturated heterocycles. The number of carbonyl (C=O) groups excluding carboxylic acids is 1. The second-order valence-electron chi connectivity index (χ2n) is 8.53. The number of rotatable bonds is 5. The Balaban J connectivity index is 1.33. The highest BCUT2D eigenvalue weighted by atomic mass is 16.6. The van der Waals surface area contributed by atoms with E-state index < -0.39 is 6.09 Å². The number of anilines is 2. The Morgan fingerprint density at radius 2 is 1.76 bits per heavy atom. The van der Waals surface area contributed by atoms with Crippen LogP contribution >= 0.6 is 0 Å². The molecule has 2 heterocycles. The SMILES string of the molecule is Cc1noc(-c2ccc(-c3ccc4c(c3)NCCC4)cc2)c1NC(=O)OC(C)c1ccccc1. The lowest BCUT2D eigenvalue weighted by atomic mass is 9.97. The summed E-state index contributed by atoms with van der Waals surface area (Å²) in [7, 11) is 0. The predicted molar refractivity (Wildman–Crippen MR) is 134 cm³/mol. The number of nitrogens with zero attached hydrogens (tertiary/aromatic N) is 1. The maximum Gasteiger partial charge on any atom is 0.412 e. The predicted octanol–water partition coefficient (Wildman–Crippen LogP) is 6.98. The molecule has 4 aromatic rings. The van der Waals surface area contributed by atoms with Crippen LogP contribution in [0, 0.1) is 6.92 Å². The fourth-order valence-electron chi connectivity index (χ4n) is 4.25. The highest BCUT2D eigenvalue weighted by molar-refractivity contribution is 5.91. The molecule has 1 aliphatic rings. The van der Waals surface area contributed by atoms with E-state index in [-0.39, 0.29) is 6.10 Å². The van der Waals surface area contributed by atoms with Gasteiger partial charge in [-0.25, -0.2) is 4.79 Å². The topological polar surface area (TPSA) is 76.4 Å². The van der Waals surface area contributed by atoms with Gasteiger partial charge >= 0.3 is 6.09 Å². The largest absolute Gasteiger partial charge is 0.441 e. The highest BCUT2D eigenvalue weighted by Crippen LogP contribution is 2.34. The summed E-state index contributed by atoms with van der Waals surface area (Å²) in [5.74, 6) is 0.500. The van der Waals surface area contributed by atoms with E-state index in [1.807, 2.05) is 49.4 Å². The minimum Gasteiger partial charge on any atom is -0.441 e. The summed E-state index contributed by atoms with van der Waals surface area (Å²) in [6.07, 6.45) is 1.36. The average molecular weight is 454 g/mol. The van der Waals surface area contributed by atoms with Crippen molar-refractivity contribution in [3.8, 4) is 22.5 Å². The number of aryl methyl sites for hydroxylation is 2. The number of amides is 1. The van der Waals surface area contributed by atoms with Gasteiger partial charge in [0.1, 0.15) is 17.5 Å². The third kappa shape index (κ3) is 4.53. The van der Waals surface area contributed by atoms with Crippen molar-refractivity contribution in [2.75, 3.05) is 17.2 Å². The molecule has 0 fully saturated rings. The third-order valence-corrected chi connectivity index (χ3v) is 6.17. The molecule has 34 heavy (non-hydrogen) atoms. The second-order valence-corrected chi connectivity index (χ2v) is 8.53. The molecule has 6 nitrogen and oxygen atoms in total. The van der Waals surface area contributed by atoms with Gasteiger partial charge in [0.2, 0.25) is 0 Å². The molecule has 1 aliphatic heterocycles. The van der Waals surface area contributed by atoms with Gasteiger partial charge < -0.3 is 14.6 Å². The Kier molecular flexibility index (Phi) is 6.04. The van der Waals surface area contributed by atoms with E-state index in [2.05, 4.69) is 46.1 Å². The zero-order valence-corrected chi connectivity index (χ0v) is 19.3. The monoisotopic (exact) mass is 453 g/mol. The molecular formula is C28H27N3O3. The molecule has 0 saturated carbocycles. The molecule has 172 valence electrons. The zero-order valence-electron chi connectivity index (χ0n) is 19.3. The number of fused-ring (bicyclic) bond motifs is 1. The smallest absolute Gasteiger partial charge is 0.412 e. The van der Waals surface area contributed by atoms with Crippen LogP contribution in [0.5, 0.6) is 0 Å². The van der Waals surface area contributed by atoms with Crippen molar-refractivity contribution < 1.29 is 14.1 Å². The highest BCUT2D eigenvalue weighted by Gasteiger charge is 2.20. The maximum atomic E-state index is 12.6. The Hall–Kier alpha value is -4.06. The van der Waals surface area contributed by atoms with Gasteiger partial charge in [-0.2, -0.15) is 0 Å². The fourth-order valence-corrected chi connectivity index (χ4v) is 4.25. The number of benzene rings is 3. The van der Waals surface area contributed by atoms with Gasteiger partial charge in [0, 0.05) is 17.8 Å². The Morgan fingerprint density at radius 3 is 2.56 bits per heavy atom. The Labute approximate surface area is 198 Å². The van der Waals surface area contributed by atoms with Crippen LogP contribution in [0.1, 0.15) is 36.3 Å². The molecular weight excluding hydrogens is 426 g/mol. The van der Waals surface area contributed by atoms with Crippen molar-refractivity contribution in [1.29, 1.82) is 0 Å². The normalized spacial score (nSPS) is 13.5. The lowest BCUT2D eigenvalue weighted by Gasteiger charge is -2.18. The van der Waals surface area contributed by atoms with E-state index in [9.17, 15) is 4.79 Å². The van der Waals surface area contributed by atoms with Crippen molar-refractivity contribution in [2.24, 2.45) is 0 Å². The standard InChI is InChI=1S/C28H27N3O3/c1-18-26(30-28(32)33-19(2)20-7-4-3-5-8-20)27(34-31-18)23-13-10-21(11-14-23)24-15-12-22-9-6-16-29-25(22)17-24/h3-5,7-8,10-15,17,19,29H,6,9,16H2,1-2H3,(H,30,32). The lowest BCUT2D eigenvalue weighted by molar-refractivity contribution is 0.121. The minimum absolute atomic E-state index is 0.379. The zero-order chi connectivity index (χ0) is 23.5. The van der Waals surface area contributed by atoms with Crippen LogP contribution in [0.2, 0.25) is 0 Å². The van der Waals surface area contributed by atoms with Gasteiger partial charge in [-0.3, -0.25) is 5.32 Å². The molecule has 3 aromatic carbocycles. The van der Waals surface area contributed by atoms with Gasteiger partial charge in [0.25, 0.3) is 0 Å². The van der Waals surface area contributed by atoms with Gasteiger partial charge in [0.05, 0.1) is 0 Å². The van der Waals surface area contributed by atoms with Crippen LogP contribution in [0.4, 0.5) is 16.2 Å². The molecule has 1 amide bonds. The summed E-state index contributed by atoms with van der Waals surface area (Å²) in [5.41, 5.74) is 7.70. The van der Waals surface area contributed by atoms with Crippen LogP contribution < -0.4 is 10.6 Å². The molecule has 0 radical (unpaired) electrons. The summed E-state index contributed by atoms with van der Waals surface area (Å²) >= 11 is 0. The third-order valence-electron chi connectivity index (χ3n) is 6.17. The van der Waals surface area contributed by atoms with E-state index in [0.29, 0.717) is 17.1 Å². The van der Waals surface area contributed by atoms with E-state index in [0.717, 1.165) is 35.2 Å². The van der Waals surface area contributed by atoms with Crippen LogP contribution in [0.3, 0.4) is 0 Å². The van der Waals surface area contributed by atoms with E-state index in [1.165, 1.54) is 17.7 Å². The fraction of sp³-hybridized carbons (Fsp3) is 0.214. The van der Waals surface area contributed by atoms with Crippen molar-refractivity contribution in [1.82, 2.24) is 5.16 Å². The molecule has 0 aliphatic carbocycles. The number of ether oxygens (including phenoxy) is 1. The van der Waals surface area contributed by atoms with Crippen molar-refractivity contribution >= 4 is 17.5 Å². The summed E-state index contributed by atoms with van der Waals surface area (Å²) in [5, 5.41) is 10.4. The summed E-state index contributed by atoms with van der Waals surface area (Å²) in [4.78, 5) is 12.6. The molecule has 2 N–H and O–H groups in total. The molecule has 1 unspecified atom stereocenters. The Morgan fingerprint density at radius 1 is 1.03 bits per heavy atom. The van der Waals surface area contributed by atoms with Gasteiger partial charge in [-0.1, -0.05) is 71.9 Å². The average Bonchev–Trinajstić information content (AvgIpc) is 3.24. The van der Waals surface area contributed by atoms with Gasteiger partial charge in [-0.15, -0.1) is 0 Å². The molecule has 1 aromatic heterocycles. The molecule has 5 rings (SSSR count). The Bertz CT molecular complexity index is 1300. The quantitative estimate of drug-likeness (QED) is 0.341. The first-order chi connectivity index (χ1) is 16.6. The van der Waals surface area contributed by atoms with Crippen molar-refractivity contribution in [3.63, 3.8) is 0 Å². The lowest BCUT2D eigenvalue weighted by Crippen LogP contribution is -2.16. The molecule has 6 heteroatoms. The van der Waals surface area contributed by atoms with E-state index >= 15 is 0 Å². The van der Waals surface area contributed by atoms with Crippen molar-refractivity contribution in [2.45, 2.75) is 32.8 Å². The first kappa shape index (κ1) is 21.8. The second kappa shape index (κ2) is 9.43. The van der Waals surface area contributed by atoms with Crippen LogP contribution in [-0.4, -0.2) is 17.8 Å². The number of hydrogen-bond donors (Lipinski definition) is 2. The maximum absolute atomic E-state index is 12.6. The summed E-state index contributed by atoms with van der Waals surface area (Å²) < 4.78 is 11.1. The molecule has 1 atom stereocenters. The van der Waals surface area contributed by atoms with Crippen LogP contribution in [0.15, 0.2) is 77.3 Å². The minimum atomic E-state index is -0.554. The first-order valence-electron chi connectivity index (χ1n) is 11.5. The summed E-state index contributed by atoms with van der Waals surface area (Å²) in [6.45, 7) is 4.64. The van der Waals surface area contributed by atoms with Gasteiger partial charge in [-0.05, 0) is 55.0 Å². The number of carbonyl (C=O) groups is 1.